The SMILES string of the molecule is C[C@@H](N)CC(=N)c1nc(-c2ccncc2)cc(=O)n1C. The summed E-state index contributed by atoms with van der Waals surface area (Å²) in [5, 5.41) is 8.04. The van der Waals surface area contributed by atoms with Gasteiger partial charge in [-0.3, -0.25) is 14.3 Å². The van der Waals surface area contributed by atoms with Gasteiger partial charge in [0, 0.05) is 43.5 Å². The third-order valence-electron chi connectivity index (χ3n) is 2.91. The molecule has 2 aromatic rings. The second kappa shape index (κ2) is 5.75. The standard InChI is InChI=1S/C14H17N5O/c1-9(15)7-11(16)14-18-12(8-13(20)19(14)2)10-3-5-17-6-4-10/h3-6,8-9,16H,7,15H2,1-2H3/t9-/m1/s1. The highest BCUT2D eigenvalue weighted by Gasteiger charge is 2.13. The van der Waals surface area contributed by atoms with Gasteiger partial charge in [-0.05, 0) is 19.1 Å². The van der Waals surface area contributed by atoms with E-state index in [1.165, 1.54) is 10.6 Å². The molecular formula is C14H17N5O. The molecule has 104 valence electrons. The summed E-state index contributed by atoms with van der Waals surface area (Å²) >= 11 is 0. The quantitative estimate of drug-likeness (QED) is 0.809. The van der Waals surface area contributed by atoms with Crippen molar-refractivity contribution in [2.75, 3.05) is 0 Å². The molecule has 6 heteroatoms. The van der Waals surface area contributed by atoms with Crippen molar-refractivity contribution in [1.82, 2.24) is 14.5 Å². The summed E-state index contributed by atoms with van der Waals surface area (Å²) in [6.07, 6.45) is 3.66. The number of rotatable bonds is 4. The largest absolute Gasteiger partial charge is 0.328 e. The Morgan fingerprint density at radius 1 is 1.45 bits per heavy atom. The lowest BCUT2D eigenvalue weighted by atomic mass is 10.1. The number of aromatic nitrogens is 3. The van der Waals surface area contributed by atoms with E-state index in [0.29, 0.717) is 17.9 Å². The van der Waals surface area contributed by atoms with Crippen LogP contribution in [0.2, 0.25) is 0 Å². The normalized spacial score (nSPS) is 12.2. The van der Waals surface area contributed by atoms with E-state index in [1.807, 2.05) is 6.92 Å². The number of pyridine rings is 1. The van der Waals surface area contributed by atoms with Crippen LogP contribution in [0.15, 0.2) is 35.4 Å². The van der Waals surface area contributed by atoms with Crippen LogP contribution in [0.5, 0.6) is 0 Å². The molecule has 2 rings (SSSR count). The third-order valence-corrected chi connectivity index (χ3v) is 2.91. The molecule has 0 aromatic carbocycles. The Kier molecular flexibility index (Phi) is 4.05. The maximum absolute atomic E-state index is 12.0. The molecule has 0 bridgehead atoms. The van der Waals surface area contributed by atoms with Gasteiger partial charge in [-0.2, -0.15) is 0 Å². The van der Waals surface area contributed by atoms with Gasteiger partial charge in [0.25, 0.3) is 5.56 Å². The van der Waals surface area contributed by atoms with Gasteiger partial charge in [0.2, 0.25) is 0 Å². The molecule has 6 nitrogen and oxygen atoms in total. The Labute approximate surface area is 116 Å². The molecule has 20 heavy (non-hydrogen) atoms. The molecule has 0 radical (unpaired) electrons. The minimum absolute atomic E-state index is 0.149. The van der Waals surface area contributed by atoms with Crippen molar-refractivity contribution in [3.8, 4) is 11.3 Å². The van der Waals surface area contributed by atoms with Crippen molar-refractivity contribution < 1.29 is 0 Å². The minimum atomic E-state index is -0.198. The average Bonchev–Trinajstić information content (AvgIpc) is 2.41. The van der Waals surface area contributed by atoms with Crippen molar-refractivity contribution in [2.45, 2.75) is 19.4 Å². The number of hydrogen-bond acceptors (Lipinski definition) is 5. The van der Waals surface area contributed by atoms with Gasteiger partial charge < -0.3 is 11.1 Å². The predicted molar refractivity (Wildman–Crippen MR) is 77.8 cm³/mol. The van der Waals surface area contributed by atoms with Crippen molar-refractivity contribution in [2.24, 2.45) is 12.8 Å². The Morgan fingerprint density at radius 3 is 2.70 bits per heavy atom. The van der Waals surface area contributed by atoms with Crippen LogP contribution in [0.25, 0.3) is 11.3 Å². The maximum Gasteiger partial charge on any atom is 0.254 e. The third kappa shape index (κ3) is 2.97. The number of nitrogens with zero attached hydrogens (tertiary/aromatic N) is 3. The maximum atomic E-state index is 12.0. The van der Waals surface area contributed by atoms with Gasteiger partial charge in [0.1, 0.15) is 0 Å². The lowest BCUT2D eigenvalue weighted by Gasteiger charge is -2.12. The monoisotopic (exact) mass is 271 g/mol. The first-order valence-electron chi connectivity index (χ1n) is 6.31. The van der Waals surface area contributed by atoms with Crippen LogP contribution in [-0.2, 0) is 7.05 Å². The summed E-state index contributed by atoms with van der Waals surface area (Å²) in [5.74, 6) is 0.349. The van der Waals surface area contributed by atoms with Crippen molar-refractivity contribution in [1.29, 1.82) is 5.41 Å². The molecule has 0 aliphatic rings. The molecule has 0 saturated carbocycles. The van der Waals surface area contributed by atoms with E-state index in [-0.39, 0.29) is 17.3 Å². The van der Waals surface area contributed by atoms with Gasteiger partial charge in [-0.15, -0.1) is 0 Å². The molecule has 0 fully saturated rings. The zero-order valence-corrected chi connectivity index (χ0v) is 11.5. The van der Waals surface area contributed by atoms with Gasteiger partial charge >= 0.3 is 0 Å². The van der Waals surface area contributed by atoms with Crippen LogP contribution >= 0.6 is 0 Å². The fourth-order valence-corrected chi connectivity index (χ4v) is 1.89. The minimum Gasteiger partial charge on any atom is -0.328 e. The number of hydrogen-bond donors (Lipinski definition) is 2. The summed E-state index contributed by atoms with van der Waals surface area (Å²) in [6.45, 7) is 1.82. The van der Waals surface area contributed by atoms with Gasteiger partial charge in [0.15, 0.2) is 5.82 Å². The van der Waals surface area contributed by atoms with Crippen LogP contribution in [0.4, 0.5) is 0 Å². The van der Waals surface area contributed by atoms with E-state index >= 15 is 0 Å². The van der Waals surface area contributed by atoms with Crippen molar-refractivity contribution >= 4 is 5.71 Å². The van der Waals surface area contributed by atoms with Crippen LogP contribution in [0.3, 0.4) is 0 Å². The summed E-state index contributed by atoms with van der Waals surface area (Å²) in [5.41, 5.74) is 7.11. The summed E-state index contributed by atoms with van der Waals surface area (Å²) in [6, 6.07) is 4.86. The summed E-state index contributed by atoms with van der Waals surface area (Å²) in [4.78, 5) is 20.4. The van der Waals surface area contributed by atoms with E-state index < -0.39 is 0 Å². The molecule has 0 unspecified atom stereocenters. The zero-order chi connectivity index (χ0) is 14.7. The second-order valence-electron chi connectivity index (χ2n) is 4.76. The second-order valence-corrected chi connectivity index (χ2v) is 4.76. The molecule has 0 amide bonds. The van der Waals surface area contributed by atoms with Crippen LogP contribution in [0, 0.1) is 5.41 Å². The van der Waals surface area contributed by atoms with E-state index in [1.54, 1.807) is 31.6 Å². The lowest BCUT2D eigenvalue weighted by molar-refractivity contribution is 0.753. The van der Waals surface area contributed by atoms with E-state index in [4.69, 9.17) is 11.1 Å². The molecule has 0 aliphatic carbocycles. The molecule has 0 aliphatic heterocycles. The van der Waals surface area contributed by atoms with Gasteiger partial charge in [0.05, 0.1) is 11.4 Å². The fourth-order valence-electron chi connectivity index (χ4n) is 1.89. The number of nitrogens with one attached hydrogen (secondary N) is 1. The first kappa shape index (κ1) is 14.1. The Morgan fingerprint density at radius 2 is 2.10 bits per heavy atom. The highest BCUT2D eigenvalue weighted by atomic mass is 16.1. The van der Waals surface area contributed by atoms with Crippen molar-refractivity contribution in [3.05, 3.63) is 46.8 Å². The average molecular weight is 271 g/mol. The first-order chi connectivity index (χ1) is 9.49. The fraction of sp³-hybridized carbons (Fsp3) is 0.286. The smallest absolute Gasteiger partial charge is 0.254 e. The first-order valence-corrected chi connectivity index (χ1v) is 6.31. The Balaban J connectivity index is 2.51. The van der Waals surface area contributed by atoms with E-state index in [2.05, 4.69) is 9.97 Å². The molecule has 0 spiro atoms. The highest BCUT2D eigenvalue weighted by Crippen LogP contribution is 2.14. The van der Waals surface area contributed by atoms with Crippen LogP contribution in [0.1, 0.15) is 19.2 Å². The van der Waals surface area contributed by atoms with Crippen LogP contribution < -0.4 is 11.3 Å². The van der Waals surface area contributed by atoms with Gasteiger partial charge in [-0.25, -0.2) is 4.98 Å². The van der Waals surface area contributed by atoms with Gasteiger partial charge in [-0.1, -0.05) is 0 Å². The molecular weight excluding hydrogens is 254 g/mol. The topological polar surface area (TPSA) is 97.7 Å². The van der Waals surface area contributed by atoms with Crippen molar-refractivity contribution in [3.63, 3.8) is 0 Å². The summed E-state index contributed by atoms with van der Waals surface area (Å²) in [7, 11) is 1.61. The lowest BCUT2D eigenvalue weighted by Crippen LogP contribution is -2.28. The summed E-state index contributed by atoms with van der Waals surface area (Å²) < 4.78 is 1.37. The number of nitrogens with two attached hydrogens (primary N) is 1. The molecule has 2 heterocycles. The Bertz CT molecular complexity index is 676. The molecule has 2 aromatic heterocycles. The Hall–Kier alpha value is -2.34. The molecule has 3 N–H and O–H groups in total. The molecule has 1 atom stereocenters. The zero-order valence-electron chi connectivity index (χ0n) is 11.5. The van der Waals surface area contributed by atoms with E-state index in [9.17, 15) is 4.79 Å². The highest BCUT2D eigenvalue weighted by molar-refractivity contribution is 5.95. The predicted octanol–water partition coefficient (Wildman–Crippen LogP) is 0.947. The van der Waals surface area contributed by atoms with E-state index in [0.717, 1.165) is 5.56 Å². The van der Waals surface area contributed by atoms with Crippen LogP contribution in [-0.4, -0.2) is 26.3 Å². The molecule has 0 saturated heterocycles.